The Bertz CT molecular complexity index is 789. The number of aromatic hydroxyl groups is 1. The van der Waals surface area contributed by atoms with E-state index in [4.69, 9.17) is 4.74 Å². The van der Waals surface area contributed by atoms with E-state index in [9.17, 15) is 19.1 Å². The largest absolute Gasteiger partial charge is 0.507 e. The van der Waals surface area contributed by atoms with E-state index in [1.165, 1.54) is 31.2 Å². The molecule has 2 N–H and O–H groups in total. The van der Waals surface area contributed by atoms with Crippen LogP contribution in [0.3, 0.4) is 0 Å². The number of halogens is 1. The molecule has 126 valence electrons. The number of carbonyl (C=O) groups excluding carboxylic acids is 2. The SMILES string of the molecule is Cc1ccc(C(=O)O[C@H](C)C(=O)Nc2ccc(C)c(F)c2)c(O)c1. The lowest BCUT2D eigenvalue weighted by Crippen LogP contribution is -2.30. The monoisotopic (exact) mass is 331 g/mol. The second kappa shape index (κ2) is 7.12. The highest BCUT2D eigenvalue weighted by molar-refractivity contribution is 5.98. The molecule has 5 nitrogen and oxygen atoms in total. The molecule has 6 heteroatoms. The Morgan fingerprint density at radius 2 is 1.88 bits per heavy atom. The minimum atomic E-state index is -1.11. The van der Waals surface area contributed by atoms with E-state index in [1.54, 1.807) is 26.0 Å². The van der Waals surface area contributed by atoms with Crippen molar-refractivity contribution in [2.24, 2.45) is 0 Å². The number of amides is 1. The summed E-state index contributed by atoms with van der Waals surface area (Å²) in [6.45, 7) is 4.77. The Morgan fingerprint density at radius 3 is 2.50 bits per heavy atom. The summed E-state index contributed by atoms with van der Waals surface area (Å²) >= 11 is 0. The summed E-state index contributed by atoms with van der Waals surface area (Å²) in [5.41, 5.74) is 1.49. The van der Waals surface area contributed by atoms with Crippen LogP contribution in [0.1, 0.15) is 28.4 Å². The molecular weight excluding hydrogens is 313 g/mol. The number of benzene rings is 2. The lowest BCUT2D eigenvalue weighted by Gasteiger charge is -2.14. The molecule has 1 amide bonds. The van der Waals surface area contributed by atoms with Gasteiger partial charge in [-0.3, -0.25) is 4.79 Å². The van der Waals surface area contributed by atoms with Crippen molar-refractivity contribution < 1.29 is 23.8 Å². The quantitative estimate of drug-likeness (QED) is 0.843. The van der Waals surface area contributed by atoms with Gasteiger partial charge in [0.05, 0.1) is 0 Å². The number of rotatable bonds is 4. The van der Waals surface area contributed by atoms with Gasteiger partial charge in [0.1, 0.15) is 17.1 Å². The van der Waals surface area contributed by atoms with Crippen LogP contribution in [-0.2, 0) is 9.53 Å². The number of phenols is 1. The lowest BCUT2D eigenvalue weighted by atomic mass is 10.1. The topological polar surface area (TPSA) is 75.6 Å². The highest BCUT2D eigenvalue weighted by Crippen LogP contribution is 2.20. The third-order valence-corrected chi connectivity index (χ3v) is 3.47. The van der Waals surface area contributed by atoms with Crippen LogP contribution in [0.15, 0.2) is 36.4 Å². The van der Waals surface area contributed by atoms with Gasteiger partial charge >= 0.3 is 5.97 Å². The zero-order valence-corrected chi connectivity index (χ0v) is 13.6. The van der Waals surface area contributed by atoms with Crippen LogP contribution in [0.25, 0.3) is 0 Å². The van der Waals surface area contributed by atoms with Crippen molar-refractivity contribution in [1.29, 1.82) is 0 Å². The number of aryl methyl sites for hydroxylation is 2. The number of nitrogens with one attached hydrogen (secondary N) is 1. The van der Waals surface area contributed by atoms with Crippen molar-refractivity contribution in [3.05, 3.63) is 58.9 Å². The van der Waals surface area contributed by atoms with Gasteiger partial charge in [0.15, 0.2) is 6.10 Å². The Kier molecular flexibility index (Phi) is 5.18. The van der Waals surface area contributed by atoms with Gasteiger partial charge in [-0.15, -0.1) is 0 Å². The third-order valence-electron chi connectivity index (χ3n) is 3.47. The summed E-state index contributed by atoms with van der Waals surface area (Å²) < 4.78 is 18.5. The average Bonchev–Trinajstić information content (AvgIpc) is 2.50. The van der Waals surface area contributed by atoms with Crippen molar-refractivity contribution in [1.82, 2.24) is 0 Å². The molecule has 0 fully saturated rings. The van der Waals surface area contributed by atoms with E-state index in [1.807, 2.05) is 0 Å². The Morgan fingerprint density at radius 1 is 1.17 bits per heavy atom. The van der Waals surface area contributed by atoms with Crippen LogP contribution in [-0.4, -0.2) is 23.1 Å². The van der Waals surface area contributed by atoms with Gasteiger partial charge in [0, 0.05) is 5.69 Å². The number of hydrogen-bond acceptors (Lipinski definition) is 4. The number of carbonyl (C=O) groups is 2. The van der Waals surface area contributed by atoms with Crippen LogP contribution in [0.4, 0.5) is 10.1 Å². The van der Waals surface area contributed by atoms with Gasteiger partial charge in [-0.1, -0.05) is 12.1 Å². The molecule has 1 atom stereocenters. The molecule has 0 spiro atoms. The maximum Gasteiger partial charge on any atom is 0.342 e. The summed E-state index contributed by atoms with van der Waals surface area (Å²) in [6.07, 6.45) is -1.11. The van der Waals surface area contributed by atoms with Gasteiger partial charge in [-0.2, -0.15) is 0 Å². The Labute approximate surface area is 139 Å². The molecule has 0 unspecified atom stereocenters. The molecule has 0 saturated carbocycles. The minimum Gasteiger partial charge on any atom is -0.507 e. The predicted octanol–water partition coefficient (Wildman–Crippen LogP) is 3.33. The second-order valence-corrected chi connectivity index (χ2v) is 5.52. The van der Waals surface area contributed by atoms with E-state index >= 15 is 0 Å². The fraction of sp³-hybridized carbons (Fsp3) is 0.222. The van der Waals surface area contributed by atoms with E-state index in [0.29, 0.717) is 5.56 Å². The first kappa shape index (κ1) is 17.5. The van der Waals surface area contributed by atoms with Crippen molar-refractivity contribution in [3.63, 3.8) is 0 Å². The summed E-state index contributed by atoms with van der Waals surface area (Å²) in [6, 6.07) is 8.77. The van der Waals surface area contributed by atoms with E-state index in [0.717, 1.165) is 5.56 Å². The van der Waals surface area contributed by atoms with E-state index in [-0.39, 0.29) is 17.0 Å². The first-order valence-electron chi connectivity index (χ1n) is 7.35. The number of hydrogen-bond donors (Lipinski definition) is 2. The highest BCUT2D eigenvalue weighted by Gasteiger charge is 2.21. The Balaban J connectivity index is 2.02. The fourth-order valence-corrected chi connectivity index (χ4v) is 2.01. The molecule has 0 radical (unpaired) electrons. The standard InChI is InChI=1S/C18H18FNO4/c1-10-4-7-14(16(21)8-10)18(23)24-12(3)17(22)20-13-6-5-11(2)15(19)9-13/h4-9,12,21H,1-3H3,(H,20,22)/t12-/m1/s1. The number of ether oxygens (including phenoxy) is 1. The smallest absolute Gasteiger partial charge is 0.342 e. The van der Waals surface area contributed by atoms with E-state index in [2.05, 4.69) is 5.32 Å². The van der Waals surface area contributed by atoms with Gasteiger partial charge < -0.3 is 15.2 Å². The molecule has 0 aliphatic carbocycles. The van der Waals surface area contributed by atoms with Crippen LogP contribution < -0.4 is 5.32 Å². The maximum atomic E-state index is 13.5. The molecule has 0 aromatic heterocycles. The second-order valence-electron chi connectivity index (χ2n) is 5.52. The zero-order valence-electron chi connectivity index (χ0n) is 13.6. The van der Waals surface area contributed by atoms with Crippen molar-refractivity contribution in [2.45, 2.75) is 26.9 Å². The Hall–Kier alpha value is -2.89. The normalized spacial score (nSPS) is 11.7. The molecule has 2 aromatic carbocycles. The van der Waals surface area contributed by atoms with Crippen molar-refractivity contribution >= 4 is 17.6 Å². The first-order valence-corrected chi connectivity index (χ1v) is 7.35. The van der Waals surface area contributed by atoms with E-state index < -0.39 is 23.8 Å². The summed E-state index contributed by atoms with van der Waals surface area (Å²) in [5.74, 6) is -2.07. The maximum absolute atomic E-state index is 13.5. The first-order chi connectivity index (χ1) is 11.3. The molecule has 24 heavy (non-hydrogen) atoms. The fourth-order valence-electron chi connectivity index (χ4n) is 2.01. The molecule has 0 heterocycles. The summed E-state index contributed by atoms with van der Waals surface area (Å²) in [4.78, 5) is 24.1. The molecular formula is C18H18FNO4. The molecule has 0 bridgehead atoms. The average molecular weight is 331 g/mol. The lowest BCUT2D eigenvalue weighted by molar-refractivity contribution is -0.123. The van der Waals surface area contributed by atoms with Gasteiger partial charge in [-0.05, 0) is 56.2 Å². The number of anilines is 1. The highest BCUT2D eigenvalue weighted by atomic mass is 19.1. The van der Waals surface area contributed by atoms with Gasteiger partial charge in [-0.25, -0.2) is 9.18 Å². The summed E-state index contributed by atoms with van der Waals surface area (Å²) in [5, 5.41) is 12.2. The third kappa shape index (κ3) is 4.10. The number of esters is 1. The van der Waals surface area contributed by atoms with Crippen LogP contribution in [0, 0.1) is 19.7 Å². The van der Waals surface area contributed by atoms with Crippen molar-refractivity contribution in [2.75, 3.05) is 5.32 Å². The minimum absolute atomic E-state index is 0.0263. The van der Waals surface area contributed by atoms with Crippen molar-refractivity contribution in [3.8, 4) is 5.75 Å². The predicted molar refractivity (Wildman–Crippen MR) is 87.5 cm³/mol. The van der Waals surface area contributed by atoms with Gasteiger partial charge in [0.25, 0.3) is 5.91 Å². The molecule has 0 aliphatic heterocycles. The zero-order chi connectivity index (χ0) is 17.9. The number of phenolic OH excluding ortho intramolecular Hbond substituents is 1. The molecule has 2 rings (SSSR count). The van der Waals surface area contributed by atoms with Crippen LogP contribution in [0.2, 0.25) is 0 Å². The molecule has 2 aromatic rings. The van der Waals surface area contributed by atoms with Crippen LogP contribution in [0.5, 0.6) is 5.75 Å². The molecule has 0 saturated heterocycles. The van der Waals surface area contributed by atoms with Gasteiger partial charge in [0.2, 0.25) is 0 Å². The molecule has 0 aliphatic rings. The summed E-state index contributed by atoms with van der Waals surface area (Å²) in [7, 11) is 0. The van der Waals surface area contributed by atoms with Crippen LogP contribution >= 0.6 is 0 Å².